The Bertz CT molecular complexity index is 3690. The smallest absolute Gasteiger partial charge is 0.188 e. The van der Waals surface area contributed by atoms with Gasteiger partial charge in [0.2, 0.25) is 0 Å². The summed E-state index contributed by atoms with van der Waals surface area (Å²) < 4.78 is 37.3. The van der Waals surface area contributed by atoms with E-state index < -0.39 is 14.3 Å². The molecule has 0 N–H and O–H groups in total. The summed E-state index contributed by atoms with van der Waals surface area (Å²) in [5, 5.41) is 8.02. The molecule has 5 nitrogen and oxygen atoms in total. The molecule has 0 aliphatic rings. The molecule has 0 spiro atoms. The van der Waals surface area contributed by atoms with E-state index in [0.717, 1.165) is 71.2 Å². The molecular formula is C59H41N3O2P2. The van der Waals surface area contributed by atoms with Crippen LogP contribution in [0.3, 0.4) is 0 Å². The van der Waals surface area contributed by atoms with Crippen molar-refractivity contribution in [2.75, 3.05) is 0 Å². The molecule has 0 atom stereocenters. The zero-order valence-electron chi connectivity index (χ0n) is 35.7. The molecule has 66 heavy (non-hydrogen) atoms. The lowest BCUT2D eigenvalue weighted by Crippen LogP contribution is -2.28. The van der Waals surface area contributed by atoms with E-state index in [9.17, 15) is 0 Å². The molecule has 3 heterocycles. The standard InChI is InChI=1S/C59H41N3O2P2/c63-65(43-21-5-1-6-22-43,44-23-7-2-8-24-44)47-37-38-52(58(41-47)62-56-35-19-15-31-50(56)51-32-16-20-36-57(51)62)53-39-42(61-54-33-17-13-29-48(54)49-30-14-18-34-55(49)61)40-59(60-53)66(64,45-25-9-3-10-26-45)46-27-11-4-12-28-46/h1-41H. The third-order valence-electron chi connectivity index (χ3n) is 12.9. The van der Waals surface area contributed by atoms with Gasteiger partial charge in [-0.25, -0.2) is 4.98 Å². The molecule has 0 unspecified atom stereocenters. The van der Waals surface area contributed by atoms with E-state index in [1.165, 1.54) is 0 Å². The Kier molecular flexibility index (Phi) is 9.65. The summed E-state index contributed by atoms with van der Waals surface area (Å²) in [6.07, 6.45) is 0. The quantitative estimate of drug-likeness (QED) is 0.136. The third kappa shape index (κ3) is 6.27. The molecule has 0 amide bonds. The van der Waals surface area contributed by atoms with Crippen molar-refractivity contribution in [2.24, 2.45) is 0 Å². The van der Waals surface area contributed by atoms with Gasteiger partial charge in [-0.15, -0.1) is 0 Å². The van der Waals surface area contributed by atoms with Crippen LogP contribution in [0.1, 0.15) is 0 Å². The van der Waals surface area contributed by atoms with E-state index in [1.54, 1.807) is 0 Å². The molecule has 0 saturated carbocycles. The SMILES string of the molecule is O=P(c1ccccc1)(c1ccccc1)c1ccc(-c2cc(-n3c4ccccc4c4ccccc43)cc(P(=O)(c3ccccc3)c3ccccc3)n2)c(-n2c3ccccc3c3ccccc32)c1. The Hall–Kier alpha value is -7.81. The minimum absolute atomic E-state index is 0.464. The van der Waals surface area contributed by atoms with Crippen molar-refractivity contribution in [3.05, 3.63) is 249 Å². The first-order valence-corrected chi connectivity index (χ1v) is 25.5. The second kappa shape index (κ2) is 16.0. The van der Waals surface area contributed by atoms with E-state index >= 15 is 9.13 Å². The monoisotopic (exact) mass is 885 g/mol. The van der Waals surface area contributed by atoms with Crippen LogP contribution in [0.15, 0.2) is 249 Å². The highest BCUT2D eigenvalue weighted by atomic mass is 31.2. The Morgan fingerprint density at radius 2 is 0.682 bits per heavy atom. The van der Waals surface area contributed by atoms with Crippen molar-refractivity contribution in [1.82, 2.24) is 14.1 Å². The van der Waals surface area contributed by atoms with Gasteiger partial charge in [-0.05, 0) is 48.5 Å². The number of rotatable bonds is 9. The van der Waals surface area contributed by atoms with E-state index in [0.29, 0.717) is 27.0 Å². The maximum absolute atomic E-state index is 16.5. The summed E-state index contributed by atoms with van der Waals surface area (Å²) in [7, 11) is -7.06. The van der Waals surface area contributed by atoms with Gasteiger partial charge in [0.25, 0.3) is 0 Å². The average molecular weight is 886 g/mol. The zero-order chi connectivity index (χ0) is 44.2. The molecule has 7 heteroatoms. The van der Waals surface area contributed by atoms with E-state index in [4.69, 9.17) is 4.98 Å². The Labute approximate surface area is 382 Å². The number of benzene rings is 9. The van der Waals surface area contributed by atoms with Crippen LogP contribution in [-0.2, 0) is 9.13 Å². The average Bonchev–Trinajstić information content (AvgIpc) is 3.92. The second-order valence-corrected chi connectivity index (χ2v) is 22.0. The molecule has 0 radical (unpaired) electrons. The van der Waals surface area contributed by atoms with Crippen molar-refractivity contribution in [2.45, 2.75) is 0 Å². The van der Waals surface area contributed by atoms with Crippen LogP contribution in [0.5, 0.6) is 0 Å². The number of hydrogen-bond acceptors (Lipinski definition) is 3. The molecule has 3 aromatic heterocycles. The fourth-order valence-electron chi connectivity index (χ4n) is 9.84. The highest BCUT2D eigenvalue weighted by Gasteiger charge is 2.34. The van der Waals surface area contributed by atoms with Crippen molar-refractivity contribution in [1.29, 1.82) is 0 Å². The molecule has 12 aromatic rings. The summed E-state index contributed by atoms with van der Waals surface area (Å²) >= 11 is 0. The fraction of sp³-hybridized carbons (Fsp3) is 0. The van der Waals surface area contributed by atoms with Crippen LogP contribution in [0.25, 0.3) is 66.2 Å². The van der Waals surface area contributed by atoms with Gasteiger partial charge in [0, 0.05) is 53.6 Å². The topological polar surface area (TPSA) is 56.9 Å². The lowest BCUT2D eigenvalue weighted by molar-refractivity contribution is 0.591. The predicted molar refractivity (Wildman–Crippen MR) is 277 cm³/mol. The molecule has 12 rings (SSSR count). The summed E-state index contributed by atoms with van der Waals surface area (Å²) in [4.78, 5) is 5.58. The fourth-order valence-corrected chi connectivity index (χ4v) is 15.1. The van der Waals surface area contributed by atoms with E-state index in [1.807, 2.05) is 133 Å². The van der Waals surface area contributed by atoms with E-state index in [-0.39, 0.29) is 0 Å². The number of nitrogens with zero attached hydrogens (tertiary/aromatic N) is 3. The van der Waals surface area contributed by atoms with Crippen molar-refractivity contribution in [3.63, 3.8) is 0 Å². The van der Waals surface area contributed by atoms with Gasteiger partial charge in [0.05, 0.1) is 39.1 Å². The van der Waals surface area contributed by atoms with Gasteiger partial charge in [-0.2, -0.15) is 0 Å². The molecule has 0 fully saturated rings. The number of fused-ring (bicyclic) bond motifs is 6. The summed E-state index contributed by atoms with van der Waals surface area (Å²) in [6, 6.07) is 83.2. The van der Waals surface area contributed by atoms with Crippen molar-refractivity contribution in [3.8, 4) is 22.6 Å². The molecule has 314 valence electrons. The van der Waals surface area contributed by atoms with Crippen LogP contribution < -0.4 is 32.0 Å². The molecule has 9 aromatic carbocycles. The molecule has 0 saturated heterocycles. The van der Waals surface area contributed by atoms with Crippen LogP contribution in [-0.4, -0.2) is 14.1 Å². The predicted octanol–water partition coefficient (Wildman–Crippen LogP) is 12.2. The zero-order valence-corrected chi connectivity index (χ0v) is 37.5. The lowest BCUT2D eigenvalue weighted by atomic mass is 10.1. The molecule has 0 aliphatic heterocycles. The maximum Gasteiger partial charge on any atom is 0.188 e. The minimum atomic E-state index is -3.62. The van der Waals surface area contributed by atoms with Crippen molar-refractivity contribution >= 4 is 89.9 Å². The van der Waals surface area contributed by atoms with E-state index in [2.05, 4.69) is 124 Å². The van der Waals surface area contributed by atoms with Gasteiger partial charge < -0.3 is 18.3 Å². The van der Waals surface area contributed by atoms with Crippen LogP contribution in [0.2, 0.25) is 0 Å². The van der Waals surface area contributed by atoms with Crippen LogP contribution in [0.4, 0.5) is 0 Å². The van der Waals surface area contributed by atoms with Crippen LogP contribution in [0, 0.1) is 0 Å². The number of hydrogen-bond donors (Lipinski definition) is 0. The highest BCUT2D eigenvalue weighted by Crippen LogP contribution is 2.47. The van der Waals surface area contributed by atoms with Crippen molar-refractivity contribution < 1.29 is 9.13 Å². The first-order valence-electron chi connectivity index (χ1n) is 22.1. The number of pyridine rings is 1. The summed E-state index contributed by atoms with van der Waals surface area (Å²) in [5.74, 6) is 0. The summed E-state index contributed by atoms with van der Waals surface area (Å²) in [5.41, 5.74) is 7.60. The second-order valence-electron chi connectivity index (χ2n) is 16.6. The Balaban J connectivity index is 1.22. The lowest BCUT2D eigenvalue weighted by Gasteiger charge is -2.24. The van der Waals surface area contributed by atoms with Gasteiger partial charge in [0.15, 0.2) is 14.3 Å². The third-order valence-corrected chi connectivity index (χ3v) is 18.9. The first kappa shape index (κ1) is 39.8. The Morgan fingerprint density at radius 1 is 0.318 bits per heavy atom. The maximum atomic E-state index is 16.5. The minimum Gasteiger partial charge on any atom is -0.309 e. The first-order chi connectivity index (χ1) is 32.5. The highest BCUT2D eigenvalue weighted by molar-refractivity contribution is 7.85. The molecule has 0 bridgehead atoms. The molecule has 0 aliphatic carbocycles. The largest absolute Gasteiger partial charge is 0.309 e. The molecular weight excluding hydrogens is 845 g/mol. The number of para-hydroxylation sites is 4. The Morgan fingerprint density at radius 3 is 1.11 bits per heavy atom. The van der Waals surface area contributed by atoms with Gasteiger partial charge >= 0.3 is 0 Å². The van der Waals surface area contributed by atoms with Crippen LogP contribution >= 0.6 is 14.3 Å². The van der Waals surface area contributed by atoms with Gasteiger partial charge in [-0.1, -0.05) is 200 Å². The number of aromatic nitrogens is 3. The summed E-state index contributed by atoms with van der Waals surface area (Å²) in [6.45, 7) is 0. The van der Waals surface area contributed by atoms with Gasteiger partial charge in [0.1, 0.15) is 5.44 Å². The van der Waals surface area contributed by atoms with Gasteiger partial charge in [-0.3, -0.25) is 0 Å². The normalized spacial score (nSPS) is 12.1.